The number of nitrogens with zero attached hydrogens (tertiary/aromatic N) is 7. The fourth-order valence-corrected chi connectivity index (χ4v) is 11.4. The number of likely N-dealkylation sites (tertiary alicyclic amines) is 5. The molecule has 0 spiro atoms. The van der Waals surface area contributed by atoms with Crippen molar-refractivity contribution in [2.75, 3.05) is 91.6 Å². The van der Waals surface area contributed by atoms with Crippen LogP contribution >= 0.6 is 0 Å². The Morgan fingerprint density at radius 2 is 0.929 bits per heavy atom. The summed E-state index contributed by atoms with van der Waals surface area (Å²) in [4.78, 5) is 19.7. The van der Waals surface area contributed by atoms with Gasteiger partial charge in [-0.3, -0.25) is 24.6 Å². The summed E-state index contributed by atoms with van der Waals surface area (Å²) < 4.78 is 0. The van der Waals surface area contributed by atoms with Crippen molar-refractivity contribution in [1.82, 2.24) is 39.7 Å². The van der Waals surface area contributed by atoms with Crippen LogP contribution in [-0.2, 0) is 0 Å². The maximum absolute atomic E-state index is 4.32. The lowest BCUT2D eigenvalue weighted by molar-refractivity contribution is 0.0690. The van der Waals surface area contributed by atoms with Gasteiger partial charge in [-0.1, -0.05) is 38.5 Å². The highest BCUT2D eigenvalue weighted by atomic mass is 15.2. The quantitative estimate of drug-likeness (QED) is 0.326. The van der Waals surface area contributed by atoms with Crippen LogP contribution in [0.2, 0.25) is 0 Å². The summed E-state index contributed by atoms with van der Waals surface area (Å²) in [6.07, 6.45) is 16.4. The fourth-order valence-electron chi connectivity index (χ4n) is 11.4. The van der Waals surface area contributed by atoms with Crippen molar-refractivity contribution < 1.29 is 0 Å². The normalized spacial score (nSPS) is 25.6. The molecule has 8 fully saturated rings. The number of hydrogen-bond acceptors (Lipinski definition) is 8. The van der Waals surface area contributed by atoms with E-state index in [4.69, 9.17) is 0 Å². The van der Waals surface area contributed by atoms with E-state index >= 15 is 0 Å². The minimum absolute atomic E-state index is 0.363. The van der Waals surface area contributed by atoms with E-state index in [1.165, 1.54) is 154 Å². The zero-order valence-corrected chi connectivity index (χ0v) is 49.6. The standard InChI is InChI=1S/C12H13N.C11H21N.C9H19N.C8H18N2.C8H15N.2C7H15N/c1-9(2)10-5-3-7-12-11(10)6-4-8-13-12;1-11(2,3)12-7-9-4-5-10(6-9)8-12;1-9(2,3)10-7-5-4-6-8-10;1-8(2,3)10-6-4-9-5-7-10;1-6(2)9-4-7-3-8(7)5-9;1-7(2,3)8-5-4-6-8;1-7(2)8-5-3-4-6-8/h3-9H,1-2H3;9-10H,4-8H2,1-3H3;4-8H2,1-3H3;9H,4-7H2,1-3H3;6-8H,3-5H2,1-2H3;4-6H2,1-3H3;7H,3-6H2,1-2H3. The summed E-state index contributed by atoms with van der Waals surface area (Å²) in [6, 6.07) is 12.0. The van der Waals surface area contributed by atoms with Crippen LogP contribution in [0.25, 0.3) is 10.9 Å². The summed E-state index contributed by atoms with van der Waals surface area (Å²) in [6.45, 7) is 59.2. The molecule has 8 aliphatic rings. The first kappa shape index (κ1) is 60.9. The Morgan fingerprint density at radius 3 is 1.30 bits per heavy atom. The molecule has 4 unspecified atom stereocenters. The summed E-state index contributed by atoms with van der Waals surface area (Å²) >= 11 is 0. The van der Waals surface area contributed by atoms with E-state index in [2.05, 4.69) is 189 Å². The molecule has 1 N–H and O–H groups in total. The lowest BCUT2D eigenvalue weighted by atomic mass is 9.94. The molecule has 2 saturated carbocycles. The molecule has 1 aromatic heterocycles. The Morgan fingerprint density at radius 1 is 0.471 bits per heavy atom. The minimum Gasteiger partial charge on any atom is -0.314 e. The van der Waals surface area contributed by atoms with Crippen LogP contribution in [0.4, 0.5) is 0 Å². The van der Waals surface area contributed by atoms with Crippen LogP contribution < -0.4 is 5.32 Å². The summed E-state index contributed by atoms with van der Waals surface area (Å²) in [7, 11) is 0. The van der Waals surface area contributed by atoms with Crippen molar-refractivity contribution in [1.29, 1.82) is 0 Å². The summed E-state index contributed by atoms with van der Waals surface area (Å²) in [5.41, 5.74) is 4.07. The number of pyridine rings is 1. The maximum atomic E-state index is 4.32. The van der Waals surface area contributed by atoms with Crippen LogP contribution in [0.15, 0.2) is 36.5 Å². The number of piperazine rings is 1. The Bertz CT molecular complexity index is 1650. The average molecular weight is 974 g/mol. The molecule has 8 heteroatoms. The Balaban J connectivity index is 0.000000179. The molecule has 1 aromatic carbocycles. The largest absolute Gasteiger partial charge is 0.314 e. The van der Waals surface area contributed by atoms with E-state index in [0.717, 1.165) is 54.4 Å². The molecule has 2 aliphatic carbocycles. The second-order valence-electron chi connectivity index (χ2n) is 27.5. The predicted molar refractivity (Wildman–Crippen MR) is 308 cm³/mol. The fraction of sp³-hybridized carbons (Fsp3) is 0.855. The van der Waals surface area contributed by atoms with E-state index in [1.807, 2.05) is 12.3 Å². The highest BCUT2D eigenvalue weighted by Gasteiger charge is 2.45. The third kappa shape index (κ3) is 21.3. The molecule has 4 atom stereocenters. The van der Waals surface area contributed by atoms with Gasteiger partial charge in [0.1, 0.15) is 0 Å². The molecule has 2 aromatic rings. The van der Waals surface area contributed by atoms with Crippen molar-refractivity contribution in [3.63, 3.8) is 0 Å². The van der Waals surface area contributed by atoms with Crippen molar-refractivity contribution in [2.45, 2.75) is 229 Å². The van der Waals surface area contributed by atoms with Crippen LogP contribution in [0.3, 0.4) is 0 Å². The monoisotopic (exact) mass is 973 g/mol. The second kappa shape index (κ2) is 28.3. The third-order valence-corrected chi connectivity index (χ3v) is 16.6. The van der Waals surface area contributed by atoms with Crippen molar-refractivity contribution in [3.8, 4) is 0 Å². The molecule has 0 radical (unpaired) electrons. The average Bonchev–Trinajstić information content (AvgIpc) is 3.61. The lowest BCUT2D eigenvalue weighted by Gasteiger charge is -2.42. The van der Waals surface area contributed by atoms with Crippen molar-refractivity contribution >= 4 is 10.9 Å². The molecule has 6 saturated heterocycles. The number of benzene rings is 1. The van der Waals surface area contributed by atoms with E-state index in [0.29, 0.717) is 28.1 Å². The van der Waals surface area contributed by atoms with Gasteiger partial charge >= 0.3 is 0 Å². The van der Waals surface area contributed by atoms with E-state index in [1.54, 1.807) is 0 Å². The van der Waals surface area contributed by atoms with Gasteiger partial charge in [0, 0.05) is 98.2 Å². The van der Waals surface area contributed by atoms with Gasteiger partial charge in [0.25, 0.3) is 0 Å². The number of aromatic nitrogens is 1. The van der Waals surface area contributed by atoms with E-state index in [-0.39, 0.29) is 0 Å². The Kier molecular flexibility index (Phi) is 24.6. The van der Waals surface area contributed by atoms with Gasteiger partial charge in [0.15, 0.2) is 0 Å². The summed E-state index contributed by atoms with van der Waals surface area (Å²) in [5.74, 6) is 4.83. The molecular formula is C62H116N8. The smallest absolute Gasteiger partial charge is 0.0704 e. The van der Waals surface area contributed by atoms with Crippen LogP contribution in [0.5, 0.6) is 0 Å². The van der Waals surface area contributed by atoms with E-state index in [9.17, 15) is 0 Å². The van der Waals surface area contributed by atoms with Gasteiger partial charge in [-0.05, 0) is 255 Å². The highest BCUT2D eigenvalue weighted by molar-refractivity contribution is 5.82. The van der Waals surface area contributed by atoms with Crippen LogP contribution in [0.1, 0.15) is 200 Å². The summed E-state index contributed by atoms with van der Waals surface area (Å²) in [5, 5.41) is 4.62. The second-order valence-corrected chi connectivity index (χ2v) is 27.5. The molecule has 8 nitrogen and oxygen atoms in total. The zero-order chi connectivity index (χ0) is 51.9. The number of fused-ring (bicyclic) bond motifs is 4. The lowest BCUT2D eigenvalue weighted by Crippen LogP contribution is -2.51. The van der Waals surface area contributed by atoms with Gasteiger partial charge in [-0.25, -0.2) is 0 Å². The number of piperidine rings is 3. The van der Waals surface area contributed by atoms with Crippen molar-refractivity contribution in [3.05, 3.63) is 42.1 Å². The molecule has 7 heterocycles. The molecule has 2 bridgehead atoms. The SMILES string of the molecule is CC(C)(C)N1CC2CCC(C2)C1.CC(C)(C)N1CCC1.CC(C)(C)N1CCCCC1.CC(C)(C)N1CCNCC1.CC(C)N1CC2CC2C1.CC(C)N1CCCC1.CC(C)c1cccc2ncccc12. The molecule has 404 valence electrons. The highest BCUT2D eigenvalue weighted by Crippen LogP contribution is 2.45. The van der Waals surface area contributed by atoms with E-state index < -0.39 is 0 Å². The maximum Gasteiger partial charge on any atom is 0.0704 e. The van der Waals surface area contributed by atoms with Gasteiger partial charge in [-0.15, -0.1) is 0 Å². The first-order valence-electron chi connectivity index (χ1n) is 29.3. The molecular weight excluding hydrogens is 857 g/mol. The predicted octanol–water partition coefficient (Wildman–Crippen LogP) is 13.2. The van der Waals surface area contributed by atoms with Gasteiger partial charge in [-0.2, -0.15) is 0 Å². The number of nitrogens with one attached hydrogen (secondary N) is 1. The number of hydrogen-bond donors (Lipinski definition) is 1. The molecule has 6 aliphatic heterocycles. The zero-order valence-electron chi connectivity index (χ0n) is 49.6. The van der Waals surface area contributed by atoms with Crippen molar-refractivity contribution in [2.24, 2.45) is 23.7 Å². The topological polar surface area (TPSA) is 44.4 Å². The van der Waals surface area contributed by atoms with Crippen LogP contribution in [-0.4, -0.2) is 160 Å². The molecule has 10 rings (SSSR count). The van der Waals surface area contributed by atoms with Gasteiger partial charge < -0.3 is 15.1 Å². The Labute approximate surface area is 435 Å². The first-order chi connectivity index (χ1) is 32.7. The van der Waals surface area contributed by atoms with Gasteiger partial charge in [0.05, 0.1) is 5.52 Å². The first-order valence-corrected chi connectivity index (χ1v) is 29.3. The third-order valence-electron chi connectivity index (χ3n) is 16.6. The molecule has 70 heavy (non-hydrogen) atoms. The number of rotatable bonds is 3. The van der Waals surface area contributed by atoms with Crippen LogP contribution in [0, 0.1) is 23.7 Å². The minimum atomic E-state index is 0.363. The molecule has 0 amide bonds. The Hall–Kier alpha value is -1.65. The van der Waals surface area contributed by atoms with Gasteiger partial charge in [0.2, 0.25) is 0 Å².